The number of hydrogen-bond acceptors (Lipinski definition) is 4. The van der Waals surface area contributed by atoms with Crippen LogP contribution in [0.25, 0.3) is 0 Å². The van der Waals surface area contributed by atoms with Crippen molar-refractivity contribution in [1.82, 2.24) is 14.9 Å². The molecule has 0 spiro atoms. The molecule has 1 aliphatic heterocycles. The molecule has 104 valence electrons. The van der Waals surface area contributed by atoms with Crippen molar-refractivity contribution in [3.63, 3.8) is 0 Å². The molecule has 6 heteroatoms. The third kappa shape index (κ3) is 2.35. The van der Waals surface area contributed by atoms with Crippen LogP contribution in [0, 0.1) is 5.82 Å². The Hall–Kier alpha value is -1.69. The van der Waals surface area contributed by atoms with Gasteiger partial charge >= 0.3 is 0 Å². The van der Waals surface area contributed by atoms with Gasteiger partial charge in [-0.1, -0.05) is 44.7 Å². The maximum atomic E-state index is 13.0. The molecule has 3 rings (SSSR count). The minimum Gasteiger partial charge on any atom is -0.207 e. The van der Waals surface area contributed by atoms with E-state index in [0.717, 1.165) is 22.3 Å². The first-order valence-corrected chi connectivity index (χ1v) is 7.36. The van der Waals surface area contributed by atoms with E-state index in [4.69, 9.17) is 0 Å². The topological polar surface area (TPSA) is 43.1 Å². The summed E-state index contributed by atoms with van der Waals surface area (Å²) in [6.45, 7) is 6.24. The lowest BCUT2D eigenvalue weighted by atomic mass is 9.96. The van der Waals surface area contributed by atoms with Crippen LogP contribution in [0.5, 0.6) is 0 Å². The Morgan fingerprint density at radius 1 is 1.15 bits per heavy atom. The largest absolute Gasteiger partial charge is 0.212 e. The Balaban J connectivity index is 2.05. The first kappa shape index (κ1) is 13.3. The summed E-state index contributed by atoms with van der Waals surface area (Å²) >= 11 is 1.60. The monoisotopic (exact) mass is 290 g/mol. The predicted molar refractivity (Wildman–Crippen MR) is 77.8 cm³/mol. The molecule has 0 saturated carbocycles. The van der Waals surface area contributed by atoms with Crippen LogP contribution in [-0.2, 0) is 5.41 Å². The summed E-state index contributed by atoms with van der Waals surface area (Å²) in [6, 6.07) is 6.41. The number of hydrogen-bond donors (Lipinski definition) is 0. The van der Waals surface area contributed by atoms with E-state index < -0.39 is 0 Å². The van der Waals surface area contributed by atoms with Gasteiger partial charge in [-0.25, -0.2) is 4.39 Å². The van der Waals surface area contributed by atoms with Crippen molar-refractivity contribution in [1.29, 1.82) is 0 Å². The van der Waals surface area contributed by atoms with E-state index in [1.807, 2.05) is 0 Å². The standard InChI is InChI=1S/C14H15FN4S/c1-14(2,3)12-16-17-13-19(12)18-11(8-20-13)9-4-6-10(15)7-5-9/h4-7H,8H2,1-3H3. The highest BCUT2D eigenvalue weighted by Crippen LogP contribution is 2.29. The first-order chi connectivity index (χ1) is 9.45. The smallest absolute Gasteiger partial charge is 0.207 e. The molecule has 0 N–H and O–H groups in total. The molecule has 0 fully saturated rings. The van der Waals surface area contributed by atoms with Crippen LogP contribution in [-0.4, -0.2) is 26.3 Å². The van der Waals surface area contributed by atoms with E-state index in [2.05, 4.69) is 36.1 Å². The first-order valence-electron chi connectivity index (χ1n) is 6.37. The molecule has 1 aliphatic rings. The number of benzene rings is 1. The van der Waals surface area contributed by atoms with E-state index in [-0.39, 0.29) is 11.2 Å². The second kappa shape index (κ2) is 4.70. The molecule has 2 aromatic rings. The average molecular weight is 290 g/mol. The molecule has 1 aromatic carbocycles. The average Bonchev–Trinajstić information content (AvgIpc) is 2.82. The molecule has 0 amide bonds. The highest BCUT2D eigenvalue weighted by atomic mass is 32.2. The lowest BCUT2D eigenvalue weighted by molar-refractivity contribution is 0.509. The van der Waals surface area contributed by atoms with Crippen LogP contribution >= 0.6 is 11.8 Å². The van der Waals surface area contributed by atoms with Crippen LogP contribution in [0.3, 0.4) is 0 Å². The maximum Gasteiger partial charge on any atom is 0.212 e. The molecule has 20 heavy (non-hydrogen) atoms. The van der Waals surface area contributed by atoms with Gasteiger partial charge in [0.1, 0.15) is 5.82 Å². The van der Waals surface area contributed by atoms with Gasteiger partial charge < -0.3 is 0 Å². The van der Waals surface area contributed by atoms with Gasteiger partial charge in [0.25, 0.3) is 0 Å². The maximum absolute atomic E-state index is 13.0. The van der Waals surface area contributed by atoms with Crippen LogP contribution in [0.15, 0.2) is 34.5 Å². The lowest BCUT2D eigenvalue weighted by Gasteiger charge is -2.19. The van der Waals surface area contributed by atoms with Crippen molar-refractivity contribution in [2.45, 2.75) is 31.3 Å². The molecule has 0 aliphatic carbocycles. The van der Waals surface area contributed by atoms with Gasteiger partial charge in [-0.05, 0) is 17.7 Å². The minimum atomic E-state index is -0.238. The van der Waals surface area contributed by atoms with E-state index in [1.165, 1.54) is 12.1 Å². The van der Waals surface area contributed by atoms with Crippen molar-refractivity contribution in [2.24, 2.45) is 5.10 Å². The molecule has 4 nitrogen and oxygen atoms in total. The summed E-state index contributed by atoms with van der Waals surface area (Å²) < 4.78 is 14.8. The second-order valence-electron chi connectivity index (χ2n) is 5.71. The van der Waals surface area contributed by atoms with Crippen LogP contribution in [0.1, 0.15) is 32.2 Å². The third-order valence-electron chi connectivity index (χ3n) is 3.02. The fraction of sp³-hybridized carbons (Fsp3) is 0.357. The fourth-order valence-electron chi connectivity index (χ4n) is 1.98. The normalized spacial score (nSPS) is 14.9. The summed E-state index contributed by atoms with van der Waals surface area (Å²) in [4.78, 5) is 0. The SMILES string of the molecule is CC(C)(C)c1nnc2n1N=C(c1ccc(F)cc1)CS2. The molecule has 2 heterocycles. The molecule has 0 radical (unpaired) electrons. The van der Waals surface area contributed by atoms with Crippen molar-refractivity contribution in [3.8, 4) is 0 Å². The predicted octanol–water partition coefficient (Wildman–Crippen LogP) is 3.07. The van der Waals surface area contributed by atoms with Gasteiger partial charge in [-0.2, -0.15) is 9.78 Å². The van der Waals surface area contributed by atoms with Gasteiger partial charge in [-0.15, -0.1) is 10.2 Å². The summed E-state index contributed by atoms with van der Waals surface area (Å²) in [5.74, 6) is 1.31. The van der Waals surface area contributed by atoms with Crippen molar-refractivity contribution in [2.75, 3.05) is 5.75 Å². The summed E-state index contributed by atoms with van der Waals surface area (Å²) in [5.41, 5.74) is 1.71. The Morgan fingerprint density at radius 3 is 2.50 bits per heavy atom. The van der Waals surface area contributed by atoms with Crippen molar-refractivity contribution in [3.05, 3.63) is 41.5 Å². The second-order valence-corrected chi connectivity index (χ2v) is 6.65. The van der Waals surface area contributed by atoms with Crippen LogP contribution in [0.2, 0.25) is 0 Å². The van der Waals surface area contributed by atoms with Crippen LogP contribution in [0.4, 0.5) is 4.39 Å². The molecule has 1 aromatic heterocycles. The number of rotatable bonds is 1. The summed E-state index contributed by atoms with van der Waals surface area (Å²) in [5, 5.41) is 13.9. The highest BCUT2D eigenvalue weighted by Gasteiger charge is 2.27. The van der Waals surface area contributed by atoms with Crippen molar-refractivity contribution >= 4 is 17.5 Å². The zero-order chi connectivity index (χ0) is 14.3. The zero-order valence-electron chi connectivity index (χ0n) is 11.6. The van der Waals surface area contributed by atoms with Crippen LogP contribution < -0.4 is 0 Å². The molecular formula is C14H15FN4S. The van der Waals surface area contributed by atoms with Crippen molar-refractivity contribution < 1.29 is 4.39 Å². The lowest BCUT2D eigenvalue weighted by Crippen LogP contribution is -2.21. The number of nitrogens with zero attached hydrogens (tertiary/aromatic N) is 4. The van der Waals surface area contributed by atoms with Gasteiger partial charge in [0.15, 0.2) is 5.82 Å². The number of fused-ring (bicyclic) bond motifs is 1. The highest BCUT2D eigenvalue weighted by molar-refractivity contribution is 7.99. The molecule has 0 unspecified atom stereocenters. The van der Waals surface area contributed by atoms with E-state index >= 15 is 0 Å². The Bertz CT molecular complexity index is 667. The third-order valence-corrected chi connectivity index (χ3v) is 3.95. The van der Waals surface area contributed by atoms with E-state index in [1.54, 1.807) is 28.6 Å². The molecule has 0 atom stereocenters. The molecular weight excluding hydrogens is 275 g/mol. The quantitative estimate of drug-likeness (QED) is 0.810. The molecule has 0 bridgehead atoms. The van der Waals surface area contributed by atoms with Gasteiger partial charge in [0.05, 0.1) is 5.71 Å². The van der Waals surface area contributed by atoms with Gasteiger partial charge in [0, 0.05) is 11.2 Å². The van der Waals surface area contributed by atoms with E-state index in [9.17, 15) is 4.39 Å². The van der Waals surface area contributed by atoms with E-state index in [0.29, 0.717) is 5.75 Å². The van der Waals surface area contributed by atoms with Gasteiger partial charge in [-0.3, -0.25) is 0 Å². The Kier molecular flexibility index (Phi) is 3.12. The zero-order valence-corrected chi connectivity index (χ0v) is 12.4. The minimum absolute atomic E-state index is 0.124. The Labute approximate surface area is 121 Å². The van der Waals surface area contributed by atoms with Gasteiger partial charge in [0.2, 0.25) is 5.16 Å². The molecule has 0 saturated heterocycles. The summed E-state index contributed by atoms with van der Waals surface area (Å²) in [7, 11) is 0. The number of thioether (sulfide) groups is 1. The Morgan fingerprint density at radius 2 is 1.85 bits per heavy atom. The fourth-order valence-corrected chi connectivity index (χ4v) is 2.82. The number of halogens is 1. The number of aromatic nitrogens is 3. The summed E-state index contributed by atoms with van der Waals surface area (Å²) in [6.07, 6.45) is 0.